The summed E-state index contributed by atoms with van der Waals surface area (Å²) in [6.45, 7) is 4.31. The maximum atomic E-state index is 12.2. The average molecular weight is 524 g/mol. The Morgan fingerprint density at radius 2 is 1.03 bits per heavy atom. The minimum Gasteiger partial charge on any atom is -0.394 e. The lowest BCUT2D eigenvalue weighted by atomic mass is 10.0. The molecule has 0 aliphatic rings. The van der Waals surface area contributed by atoms with Crippen molar-refractivity contribution < 1.29 is 15.0 Å². The van der Waals surface area contributed by atoms with E-state index in [2.05, 4.69) is 31.3 Å². The van der Waals surface area contributed by atoms with Crippen molar-refractivity contribution >= 4 is 5.91 Å². The van der Waals surface area contributed by atoms with E-state index in [-0.39, 0.29) is 12.5 Å². The zero-order chi connectivity index (χ0) is 27.2. The molecule has 4 nitrogen and oxygen atoms in total. The summed E-state index contributed by atoms with van der Waals surface area (Å²) in [5.41, 5.74) is 0. The summed E-state index contributed by atoms with van der Waals surface area (Å²) >= 11 is 0. The molecular formula is C33H65NO3. The number of carbonyl (C=O) groups is 1. The van der Waals surface area contributed by atoms with Crippen LogP contribution < -0.4 is 5.32 Å². The van der Waals surface area contributed by atoms with Gasteiger partial charge in [-0.1, -0.05) is 142 Å². The molecule has 2 atom stereocenters. The van der Waals surface area contributed by atoms with Gasteiger partial charge in [-0.2, -0.15) is 0 Å². The highest BCUT2D eigenvalue weighted by Crippen LogP contribution is 2.13. The van der Waals surface area contributed by atoms with Crippen LogP contribution in [0.15, 0.2) is 12.2 Å². The molecule has 0 aliphatic heterocycles. The number of allylic oxidation sites excluding steroid dienone is 2. The summed E-state index contributed by atoms with van der Waals surface area (Å²) in [4.78, 5) is 12.2. The Balaban J connectivity index is 3.55. The molecular weight excluding hydrogens is 458 g/mol. The zero-order valence-electron chi connectivity index (χ0n) is 25.0. The molecule has 2 unspecified atom stereocenters. The maximum Gasteiger partial charge on any atom is 0.220 e. The van der Waals surface area contributed by atoms with E-state index in [1.165, 1.54) is 122 Å². The number of amides is 1. The number of nitrogens with one attached hydrogen (secondary N) is 1. The lowest BCUT2D eigenvalue weighted by molar-refractivity contribution is -0.123. The van der Waals surface area contributed by atoms with Crippen molar-refractivity contribution in [3.63, 3.8) is 0 Å². The third kappa shape index (κ3) is 26.5. The topological polar surface area (TPSA) is 69.6 Å². The van der Waals surface area contributed by atoms with Gasteiger partial charge in [0.25, 0.3) is 0 Å². The lowest BCUT2D eigenvalue weighted by Gasteiger charge is -2.22. The second-order valence-electron chi connectivity index (χ2n) is 11.2. The Hall–Kier alpha value is -0.870. The van der Waals surface area contributed by atoms with E-state index < -0.39 is 12.1 Å². The van der Waals surface area contributed by atoms with Gasteiger partial charge in [0, 0.05) is 6.42 Å². The second-order valence-corrected chi connectivity index (χ2v) is 11.2. The largest absolute Gasteiger partial charge is 0.394 e. The highest BCUT2D eigenvalue weighted by atomic mass is 16.3. The van der Waals surface area contributed by atoms with Crippen LogP contribution in [0.4, 0.5) is 0 Å². The van der Waals surface area contributed by atoms with E-state index in [1.807, 2.05) is 0 Å². The minimum atomic E-state index is -0.653. The van der Waals surface area contributed by atoms with Crippen LogP contribution in [0.3, 0.4) is 0 Å². The second kappa shape index (κ2) is 29.7. The summed E-state index contributed by atoms with van der Waals surface area (Å²) in [5, 5.41) is 22.8. The van der Waals surface area contributed by atoms with Crippen molar-refractivity contribution in [3.05, 3.63) is 12.2 Å². The third-order valence-corrected chi connectivity index (χ3v) is 7.53. The first kappa shape index (κ1) is 36.1. The van der Waals surface area contributed by atoms with Crippen LogP contribution in [0.25, 0.3) is 0 Å². The van der Waals surface area contributed by atoms with Gasteiger partial charge in [0.1, 0.15) is 0 Å². The summed E-state index contributed by atoms with van der Waals surface area (Å²) in [6, 6.07) is -0.531. The van der Waals surface area contributed by atoms with Crippen molar-refractivity contribution in [2.75, 3.05) is 6.61 Å². The first-order valence-electron chi connectivity index (χ1n) is 16.4. The van der Waals surface area contributed by atoms with E-state index in [9.17, 15) is 15.0 Å². The van der Waals surface area contributed by atoms with Crippen LogP contribution >= 0.6 is 0 Å². The highest BCUT2D eigenvalue weighted by molar-refractivity contribution is 5.76. The minimum absolute atomic E-state index is 0.0400. The molecule has 0 aromatic heterocycles. The fourth-order valence-corrected chi connectivity index (χ4v) is 4.94. The average Bonchev–Trinajstić information content (AvgIpc) is 2.90. The molecule has 0 spiro atoms. The molecule has 0 aliphatic carbocycles. The molecule has 3 N–H and O–H groups in total. The molecule has 0 aromatic rings. The predicted octanol–water partition coefficient (Wildman–Crippen LogP) is 9.17. The number of hydrogen-bond donors (Lipinski definition) is 3. The molecule has 220 valence electrons. The Labute approximate surface area is 231 Å². The van der Waals surface area contributed by atoms with Gasteiger partial charge in [0.15, 0.2) is 0 Å². The molecule has 4 heteroatoms. The summed E-state index contributed by atoms with van der Waals surface area (Å²) in [6.07, 6.45) is 34.0. The first-order chi connectivity index (χ1) is 18.2. The number of carbonyl (C=O) groups excluding carboxylic acids is 1. The van der Waals surface area contributed by atoms with Crippen LogP contribution in [-0.4, -0.2) is 34.9 Å². The fourth-order valence-electron chi connectivity index (χ4n) is 4.94. The van der Waals surface area contributed by atoms with Crippen LogP contribution in [0.1, 0.15) is 174 Å². The molecule has 0 radical (unpaired) electrons. The van der Waals surface area contributed by atoms with E-state index >= 15 is 0 Å². The Bertz CT molecular complexity index is 494. The lowest BCUT2D eigenvalue weighted by Crippen LogP contribution is -2.45. The van der Waals surface area contributed by atoms with E-state index in [4.69, 9.17) is 0 Å². The summed E-state index contributed by atoms with van der Waals surface area (Å²) in [7, 11) is 0. The molecule has 0 bridgehead atoms. The molecule has 0 saturated heterocycles. The monoisotopic (exact) mass is 523 g/mol. The molecule has 0 heterocycles. The smallest absolute Gasteiger partial charge is 0.220 e. The van der Waals surface area contributed by atoms with Gasteiger partial charge in [-0.3, -0.25) is 4.79 Å². The van der Waals surface area contributed by atoms with Crippen molar-refractivity contribution in [1.29, 1.82) is 0 Å². The Morgan fingerprint density at radius 1 is 0.622 bits per heavy atom. The first-order valence-corrected chi connectivity index (χ1v) is 16.4. The van der Waals surface area contributed by atoms with Gasteiger partial charge in [0.2, 0.25) is 5.91 Å². The van der Waals surface area contributed by atoms with Gasteiger partial charge < -0.3 is 15.5 Å². The van der Waals surface area contributed by atoms with Gasteiger partial charge in [-0.15, -0.1) is 0 Å². The number of aliphatic hydroxyl groups excluding tert-OH is 2. The third-order valence-electron chi connectivity index (χ3n) is 7.53. The van der Waals surface area contributed by atoms with Gasteiger partial charge in [-0.05, 0) is 38.5 Å². The van der Waals surface area contributed by atoms with Crippen molar-refractivity contribution in [1.82, 2.24) is 5.32 Å². The molecule has 1 amide bonds. The summed E-state index contributed by atoms with van der Waals surface area (Å²) in [5.74, 6) is -0.0400. The van der Waals surface area contributed by atoms with E-state index in [0.29, 0.717) is 12.8 Å². The van der Waals surface area contributed by atoms with E-state index in [0.717, 1.165) is 25.7 Å². The van der Waals surface area contributed by atoms with Gasteiger partial charge >= 0.3 is 0 Å². The standard InChI is InChI=1S/C33H65NO3/c1-3-5-7-9-11-13-14-15-16-17-18-19-20-21-23-25-27-29-33(37)34-31(30-35)32(36)28-26-24-22-12-10-8-6-4-2/h15-16,31-32,35-36H,3-14,17-30H2,1-2H3,(H,34,37)/b16-15-. The fraction of sp³-hybridized carbons (Fsp3) is 0.909. The molecule has 0 saturated carbocycles. The number of rotatable bonds is 29. The van der Waals surface area contributed by atoms with Crippen LogP contribution in [-0.2, 0) is 4.79 Å². The molecule has 37 heavy (non-hydrogen) atoms. The Kier molecular flexibility index (Phi) is 29.0. The molecule has 0 aromatic carbocycles. The number of hydrogen-bond acceptors (Lipinski definition) is 3. The van der Waals surface area contributed by atoms with Crippen molar-refractivity contribution in [2.45, 2.75) is 187 Å². The highest BCUT2D eigenvalue weighted by Gasteiger charge is 2.19. The molecule has 0 rings (SSSR count). The Morgan fingerprint density at radius 3 is 1.49 bits per heavy atom. The van der Waals surface area contributed by atoms with Crippen molar-refractivity contribution in [2.24, 2.45) is 0 Å². The summed E-state index contributed by atoms with van der Waals surface area (Å²) < 4.78 is 0. The maximum absolute atomic E-state index is 12.2. The predicted molar refractivity (Wildman–Crippen MR) is 161 cm³/mol. The van der Waals surface area contributed by atoms with Crippen LogP contribution in [0.5, 0.6) is 0 Å². The quantitative estimate of drug-likeness (QED) is 0.0676. The normalized spacial score (nSPS) is 13.3. The van der Waals surface area contributed by atoms with Gasteiger partial charge in [0.05, 0.1) is 18.8 Å². The number of unbranched alkanes of at least 4 members (excludes halogenated alkanes) is 20. The van der Waals surface area contributed by atoms with Crippen LogP contribution in [0.2, 0.25) is 0 Å². The van der Waals surface area contributed by atoms with E-state index in [1.54, 1.807) is 0 Å². The van der Waals surface area contributed by atoms with Crippen LogP contribution in [0, 0.1) is 0 Å². The van der Waals surface area contributed by atoms with Crippen molar-refractivity contribution in [3.8, 4) is 0 Å². The zero-order valence-corrected chi connectivity index (χ0v) is 25.0. The molecule has 0 fully saturated rings. The van der Waals surface area contributed by atoms with Gasteiger partial charge in [-0.25, -0.2) is 0 Å². The SMILES string of the molecule is CCCCCCCC/C=C\CCCCCCCCCC(=O)NC(CO)C(O)CCCCCCCCCC. The number of aliphatic hydroxyl groups is 2.